The van der Waals surface area contributed by atoms with Crippen LogP contribution in [0.2, 0.25) is 0 Å². The number of anilines is 2. The van der Waals surface area contributed by atoms with E-state index in [1.165, 1.54) is 13.8 Å². The van der Waals surface area contributed by atoms with Gasteiger partial charge in [0.2, 0.25) is 5.95 Å². The molecular weight excluding hydrogens is 538 g/mol. The predicted molar refractivity (Wildman–Crippen MR) is 155 cm³/mol. The molecule has 0 saturated carbocycles. The monoisotopic (exact) mass is 575 g/mol. The highest BCUT2D eigenvalue weighted by atomic mass is 16.7. The standard InChI is InChI=1S/C31H37N5O6/c1-21(40-22(2)38)29(39)34-26-6-3-5-25(17-26)30-41-27(18-28(42-30)24-9-7-23(20-37)8-10-24)19-35-13-15-36(16-14-35)31-32-11-4-12-33-31/h3-12,17,21,27-28,30,37H,13-16,18-20H2,1-2H3,(H,34,39)/t21-,27+,28-,30-/m0/s1. The Hall–Kier alpha value is -3.90. The van der Waals surface area contributed by atoms with Gasteiger partial charge < -0.3 is 29.5 Å². The van der Waals surface area contributed by atoms with Crippen molar-refractivity contribution in [2.24, 2.45) is 0 Å². The minimum absolute atomic E-state index is 0.0191. The van der Waals surface area contributed by atoms with Gasteiger partial charge in [-0.2, -0.15) is 0 Å². The van der Waals surface area contributed by atoms with Crippen LogP contribution in [0.15, 0.2) is 67.0 Å². The molecule has 1 amide bonds. The van der Waals surface area contributed by atoms with E-state index in [4.69, 9.17) is 14.2 Å². The van der Waals surface area contributed by atoms with Crippen LogP contribution < -0.4 is 10.2 Å². The summed E-state index contributed by atoms with van der Waals surface area (Å²) in [6.45, 7) is 6.90. The molecule has 2 saturated heterocycles. The van der Waals surface area contributed by atoms with Crippen molar-refractivity contribution in [2.45, 2.75) is 51.5 Å². The lowest BCUT2D eigenvalue weighted by atomic mass is 9.99. The van der Waals surface area contributed by atoms with Gasteiger partial charge in [-0.1, -0.05) is 36.4 Å². The van der Waals surface area contributed by atoms with Gasteiger partial charge in [0.25, 0.3) is 5.91 Å². The van der Waals surface area contributed by atoms with E-state index in [2.05, 4.69) is 25.1 Å². The molecule has 5 rings (SSSR count). The van der Waals surface area contributed by atoms with E-state index in [1.807, 2.05) is 48.5 Å². The van der Waals surface area contributed by atoms with Crippen LogP contribution >= 0.6 is 0 Å². The van der Waals surface area contributed by atoms with E-state index in [0.29, 0.717) is 12.1 Å². The smallest absolute Gasteiger partial charge is 0.303 e. The van der Waals surface area contributed by atoms with Crippen LogP contribution in [0.3, 0.4) is 0 Å². The molecule has 2 aliphatic heterocycles. The minimum atomic E-state index is -0.919. The molecule has 0 radical (unpaired) electrons. The molecule has 2 aliphatic rings. The number of nitrogens with one attached hydrogen (secondary N) is 1. The SMILES string of the molecule is CC(=O)O[C@@H](C)C(=O)Nc1cccc([C@H]2O[C@@H](CN3CCN(c4ncccn4)CC3)C[C@@H](c3ccc(CO)cc3)O2)c1. The van der Waals surface area contributed by atoms with Crippen molar-refractivity contribution in [1.29, 1.82) is 0 Å². The number of carbonyl (C=O) groups is 2. The lowest BCUT2D eigenvalue weighted by molar-refractivity contribution is -0.253. The lowest BCUT2D eigenvalue weighted by Crippen LogP contribution is -2.50. The van der Waals surface area contributed by atoms with Gasteiger partial charge in [-0.15, -0.1) is 0 Å². The maximum atomic E-state index is 12.5. The first kappa shape index (κ1) is 29.6. The largest absolute Gasteiger partial charge is 0.453 e. The van der Waals surface area contributed by atoms with Crippen LogP contribution in [0.5, 0.6) is 0 Å². The molecule has 222 valence electrons. The van der Waals surface area contributed by atoms with Gasteiger partial charge >= 0.3 is 5.97 Å². The van der Waals surface area contributed by atoms with Crippen molar-refractivity contribution in [3.8, 4) is 0 Å². The van der Waals surface area contributed by atoms with Crippen molar-refractivity contribution in [3.63, 3.8) is 0 Å². The Morgan fingerprint density at radius 1 is 1.02 bits per heavy atom. The molecule has 2 aromatic carbocycles. The molecule has 11 nitrogen and oxygen atoms in total. The number of benzene rings is 2. The number of hydrogen-bond donors (Lipinski definition) is 2. The number of rotatable bonds is 9. The van der Waals surface area contributed by atoms with Crippen LogP contribution in [-0.2, 0) is 30.4 Å². The van der Waals surface area contributed by atoms with Crippen molar-refractivity contribution >= 4 is 23.5 Å². The highest BCUT2D eigenvalue weighted by Crippen LogP contribution is 2.38. The van der Waals surface area contributed by atoms with Crippen molar-refractivity contribution in [3.05, 3.63) is 83.7 Å². The summed E-state index contributed by atoms with van der Waals surface area (Å²) < 4.78 is 18.0. The number of ether oxygens (including phenoxy) is 3. The molecule has 42 heavy (non-hydrogen) atoms. The number of carbonyl (C=O) groups excluding carboxylic acids is 2. The van der Waals surface area contributed by atoms with Gasteiger partial charge in [0.1, 0.15) is 0 Å². The summed E-state index contributed by atoms with van der Waals surface area (Å²) in [6.07, 6.45) is 2.30. The molecule has 3 aromatic rings. The Morgan fingerprint density at radius 2 is 1.76 bits per heavy atom. The number of piperazine rings is 1. The van der Waals surface area contributed by atoms with Crippen molar-refractivity contribution in [1.82, 2.24) is 14.9 Å². The molecule has 2 fully saturated rings. The van der Waals surface area contributed by atoms with Crippen LogP contribution in [0.4, 0.5) is 11.6 Å². The van der Waals surface area contributed by atoms with E-state index in [-0.39, 0.29) is 18.8 Å². The Morgan fingerprint density at radius 3 is 2.45 bits per heavy atom. The number of aliphatic hydroxyl groups excluding tert-OH is 1. The zero-order chi connectivity index (χ0) is 29.5. The van der Waals surface area contributed by atoms with E-state index in [9.17, 15) is 14.7 Å². The Balaban J connectivity index is 1.29. The molecule has 0 unspecified atom stereocenters. The average molecular weight is 576 g/mol. The summed E-state index contributed by atoms with van der Waals surface area (Å²) >= 11 is 0. The van der Waals surface area contributed by atoms with Gasteiger partial charge in [-0.25, -0.2) is 9.97 Å². The fourth-order valence-corrected chi connectivity index (χ4v) is 5.22. The van der Waals surface area contributed by atoms with E-state index < -0.39 is 24.3 Å². The quantitative estimate of drug-likeness (QED) is 0.367. The van der Waals surface area contributed by atoms with Gasteiger partial charge in [-0.3, -0.25) is 14.5 Å². The Kier molecular flexibility index (Phi) is 9.75. The Bertz CT molecular complexity index is 1330. The highest BCUT2D eigenvalue weighted by Gasteiger charge is 2.34. The van der Waals surface area contributed by atoms with Crippen LogP contribution in [-0.4, -0.2) is 76.8 Å². The van der Waals surface area contributed by atoms with E-state index in [0.717, 1.165) is 55.4 Å². The summed E-state index contributed by atoms with van der Waals surface area (Å²) in [4.78, 5) is 37.1. The van der Waals surface area contributed by atoms with E-state index >= 15 is 0 Å². The second-order valence-corrected chi connectivity index (χ2v) is 10.6. The van der Waals surface area contributed by atoms with Crippen LogP contribution in [0, 0.1) is 0 Å². The van der Waals surface area contributed by atoms with Crippen LogP contribution in [0.25, 0.3) is 0 Å². The normalized spacial score (nSPS) is 21.9. The van der Waals surface area contributed by atoms with Gasteiger partial charge in [0.15, 0.2) is 12.4 Å². The maximum Gasteiger partial charge on any atom is 0.303 e. The predicted octanol–water partition coefficient (Wildman–Crippen LogP) is 3.23. The molecule has 3 heterocycles. The zero-order valence-corrected chi connectivity index (χ0v) is 23.9. The van der Waals surface area contributed by atoms with Gasteiger partial charge in [0.05, 0.1) is 18.8 Å². The summed E-state index contributed by atoms with van der Waals surface area (Å²) in [5.41, 5.74) is 3.16. The molecule has 2 N–H and O–H groups in total. The Labute approximate surface area is 245 Å². The number of esters is 1. The first-order valence-electron chi connectivity index (χ1n) is 14.2. The third-order valence-electron chi connectivity index (χ3n) is 7.42. The third kappa shape index (κ3) is 7.68. The second-order valence-electron chi connectivity index (χ2n) is 10.6. The first-order valence-corrected chi connectivity index (χ1v) is 14.2. The zero-order valence-electron chi connectivity index (χ0n) is 23.9. The molecule has 4 atom stereocenters. The van der Waals surface area contributed by atoms with E-state index in [1.54, 1.807) is 18.5 Å². The van der Waals surface area contributed by atoms with Crippen molar-refractivity contribution < 1.29 is 28.9 Å². The fourth-order valence-electron chi connectivity index (χ4n) is 5.22. The summed E-state index contributed by atoms with van der Waals surface area (Å²) in [7, 11) is 0. The summed E-state index contributed by atoms with van der Waals surface area (Å²) in [5.74, 6) is -0.193. The molecule has 0 spiro atoms. The molecule has 0 bridgehead atoms. The number of amides is 1. The summed E-state index contributed by atoms with van der Waals surface area (Å²) in [6, 6.07) is 16.9. The van der Waals surface area contributed by atoms with Gasteiger partial charge in [-0.05, 0) is 36.2 Å². The van der Waals surface area contributed by atoms with Crippen LogP contribution in [0.1, 0.15) is 49.4 Å². The molecule has 0 aliphatic carbocycles. The lowest BCUT2D eigenvalue weighted by Gasteiger charge is -2.40. The first-order chi connectivity index (χ1) is 20.4. The number of aliphatic hydroxyl groups is 1. The van der Waals surface area contributed by atoms with Gasteiger partial charge in [0, 0.05) is 69.7 Å². The number of nitrogens with zero attached hydrogens (tertiary/aromatic N) is 4. The maximum absolute atomic E-state index is 12.5. The fraction of sp³-hybridized carbons (Fsp3) is 0.419. The average Bonchev–Trinajstić information content (AvgIpc) is 3.01. The van der Waals surface area contributed by atoms with Crippen molar-refractivity contribution in [2.75, 3.05) is 42.9 Å². The topological polar surface area (TPSA) is 126 Å². The molecule has 1 aromatic heterocycles. The minimum Gasteiger partial charge on any atom is -0.453 e. The number of aromatic nitrogens is 2. The molecule has 11 heteroatoms. The summed E-state index contributed by atoms with van der Waals surface area (Å²) in [5, 5.41) is 12.3. The molecular formula is C31H37N5O6. The number of hydrogen-bond acceptors (Lipinski definition) is 10. The third-order valence-corrected chi connectivity index (χ3v) is 7.42. The second kappa shape index (κ2) is 13.8. The highest BCUT2D eigenvalue weighted by molar-refractivity contribution is 5.95.